The van der Waals surface area contributed by atoms with E-state index < -0.39 is 0 Å². The minimum atomic E-state index is 0.771. The van der Waals surface area contributed by atoms with Crippen LogP contribution in [0, 0.1) is 0 Å². The summed E-state index contributed by atoms with van der Waals surface area (Å²) in [5.74, 6) is 0. The molecule has 4 nitrogen and oxygen atoms in total. The molecule has 0 unspecified atom stereocenters. The molecule has 0 atom stereocenters. The smallest absolute Gasteiger partial charge is 0.185 e. The fourth-order valence-electron chi connectivity index (χ4n) is 1.62. The van der Waals surface area contributed by atoms with Crippen molar-refractivity contribution in [2.24, 2.45) is 0 Å². The van der Waals surface area contributed by atoms with E-state index in [9.17, 15) is 0 Å². The summed E-state index contributed by atoms with van der Waals surface area (Å²) in [6.07, 6.45) is 1.16. The summed E-state index contributed by atoms with van der Waals surface area (Å²) >= 11 is 1.72. The molecule has 0 amide bonds. The van der Waals surface area contributed by atoms with E-state index in [1.807, 2.05) is 6.92 Å². The molecule has 1 N–H and O–H groups in total. The zero-order valence-electron chi connectivity index (χ0n) is 11.7. The van der Waals surface area contributed by atoms with Crippen LogP contribution in [0.3, 0.4) is 0 Å². The van der Waals surface area contributed by atoms with Crippen molar-refractivity contribution in [3.05, 3.63) is 11.1 Å². The number of nitrogens with zero attached hydrogens (tertiary/aromatic N) is 2. The van der Waals surface area contributed by atoms with Crippen molar-refractivity contribution < 1.29 is 4.74 Å². The first-order valence-corrected chi connectivity index (χ1v) is 7.67. The third-order valence-corrected chi connectivity index (χ3v) is 3.58. The number of rotatable bonds is 10. The average Bonchev–Trinajstić information content (AvgIpc) is 2.84. The van der Waals surface area contributed by atoms with Crippen LogP contribution in [-0.4, -0.2) is 37.8 Å². The lowest BCUT2D eigenvalue weighted by molar-refractivity contribution is 0.154. The molecule has 1 rings (SSSR count). The zero-order valence-corrected chi connectivity index (χ0v) is 12.6. The standard InChI is InChI=1S/C13H25N3OS/c1-4-7-14-10-12-11-18-13(15-12)16(5-2)8-9-17-6-3/h11,14H,4-10H2,1-3H3. The molecule has 104 valence electrons. The summed E-state index contributed by atoms with van der Waals surface area (Å²) in [6.45, 7) is 11.7. The predicted octanol–water partition coefficient (Wildman–Crippen LogP) is 2.51. The van der Waals surface area contributed by atoms with Gasteiger partial charge in [0.1, 0.15) is 0 Å². The van der Waals surface area contributed by atoms with Crippen LogP contribution in [0.4, 0.5) is 5.13 Å². The van der Waals surface area contributed by atoms with Gasteiger partial charge in [-0.05, 0) is 26.8 Å². The first kappa shape index (κ1) is 15.4. The van der Waals surface area contributed by atoms with Crippen LogP contribution in [0.5, 0.6) is 0 Å². The van der Waals surface area contributed by atoms with Gasteiger partial charge in [-0.25, -0.2) is 4.98 Å². The Labute approximate surface area is 114 Å². The fourth-order valence-corrected chi connectivity index (χ4v) is 2.54. The second-order valence-electron chi connectivity index (χ2n) is 4.07. The summed E-state index contributed by atoms with van der Waals surface area (Å²) in [6, 6.07) is 0. The normalized spacial score (nSPS) is 10.8. The maximum Gasteiger partial charge on any atom is 0.185 e. The molecular weight excluding hydrogens is 246 g/mol. The number of hydrogen-bond donors (Lipinski definition) is 1. The van der Waals surface area contributed by atoms with Gasteiger partial charge in [-0.3, -0.25) is 0 Å². The number of likely N-dealkylation sites (N-methyl/N-ethyl adjacent to an activating group) is 1. The van der Waals surface area contributed by atoms with Crippen LogP contribution in [-0.2, 0) is 11.3 Å². The van der Waals surface area contributed by atoms with Crippen LogP contribution in [0.2, 0.25) is 0 Å². The summed E-state index contributed by atoms with van der Waals surface area (Å²) in [5, 5.41) is 6.62. The van der Waals surface area contributed by atoms with Crippen molar-refractivity contribution in [3.8, 4) is 0 Å². The topological polar surface area (TPSA) is 37.4 Å². The van der Waals surface area contributed by atoms with Crippen molar-refractivity contribution in [2.45, 2.75) is 33.7 Å². The van der Waals surface area contributed by atoms with Crippen LogP contribution in [0.15, 0.2) is 5.38 Å². The SMILES string of the molecule is CCCNCc1csc(N(CC)CCOCC)n1. The van der Waals surface area contributed by atoms with Gasteiger partial charge in [-0.1, -0.05) is 6.92 Å². The molecule has 1 aromatic rings. The van der Waals surface area contributed by atoms with E-state index in [1.54, 1.807) is 11.3 Å². The average molecular weight is 271 g/mol. The molecule has 0 bridgehead atoms. The fraction of sp³-hybridized carbons (Fsp3) is 0.769. The lowest BCUT2D eigenvalue weighted by atomic mass is 10.4. The van der Waals surface area contributed by atoms with Crippen molar-refractivity contribution in [1.29, 1.82) is 0 Å². The maximum atomic E-state index is 5.40. The monoisotopic (exact) mass is 271 g/mol. The Balaban J connectivity index is 2.42. The van der Waals surface area contributed by atoms with Gasteiger partial charge in [0.2, 0.25) is 0 Å². The maximum absolute atomic E-state index is 5.40. The number of ether oxygens (including phenoxy) is 1. The van der Waals surface area contributed by atoms with Crippen molar-refractivity contribution in [3.63, 3.8) is 0 Å². The second kappa shape index (κ2) is 9.30. The van der Waals surface area contributed by atoms with Gasteiger partial charge in [0.25, 0.3) is 0 Å². The lowest BCUT2D eigenvalue weighted by Gasteiger charge is -2.19. The van der Waals surface area contributed by atoms with E-state index in [0.29, 0.717) is 0 Å². The van der Waals surface area contributed by atoms with Gasteiger partial charge in [0.15, 0.2) is 5.13 Å². The molecule has 0 radical (unpaired) electrons. The van der Waals surface area contributed by atoms with Gasteiger partial charge in [-0.15, -0.1) is 11.3 Å². The predicted molar refractivity (Wildman–Crippen MR) is 78.5 cm³/mol. The summed E-state index contributed by atoms with van der Waals surface area (Å²) in [7, 11) is 0. The van der Waals surface area contributed by atoms with Crippen molar-refractivity contribution in [2.75, 3.05) is 37.7 Å². The Hall–Kier alpha value is -0.650. The molecule has 0 aliphatic carbocycles. The highest BCUT2D eigenvalue weighted by atomic mass is 32.1. The highest BCUT2D eigenvalue weighted by molar-refractivity contribution is 7.13. The van der Waals surface area contributed by atoms with E-state index >= 15 is 0 Å². The summed E-state index contributed by atoms with van der Waals surface area (Å²) < 4.78 is 5.40. The van der Waals surface area contributed by atoms with Gasteiger partial charge in [0, 0.05) is 31.6 Å². The number of thiazole rings is 1. The molecule has 0 fully saturated rings. The van der Waals surface area contributed by atoms with E-state index in [0.717, 1.165) is 56.6 Å². The Morgan fingerprint density at radius 1 is 1.39 bits per heavy atom. The van der Waals surface area contributed by atoms with E-state index in [2.05, 4.69) is 34.4 Å². The van der Waals surface area contributed by atoms with E-state index in [-0.39, 0.29) is 0 Å². The minimum Gasteiger partial charge on any atom is -0.380 e. The van der Waals surface area contributed by atoms with Crippen LogP contribution >= 0.6 is 11.3 Å². The quantitative estimate of drug-likeness (QED) is 0.664. The Morgan fingerprint density at radius 2 is 2.22 bits per heavy atom. The molecule has 0 aliphatic rings. The van der Waals surface area contributed by atoms with Crippen LogP contribution in [0.1, 0.15) is 32.9 Å². The molecule has 0 aromatic carbocycles. The highest BCUT2D eigenvalue weighted by Gasteiger charge is 2.09. The number of nitrogens with one attached hydrogen (secondary N) is 1. The van der Waals surface area contributed by atoms with Crippen molar-refractivity contribution in [1.82, 2.24) is 10.3 Å². The van der Waals surface area contributed by atoms with Crippen molar-refractivity contribution >= 4 is 16.5 Å². The third kappa shape index (κ3) is 5.33. The molecule has 0 aliphatic heterocycles. The van der Waals surface area contributed by atoms with Crippen LogP contribution in [0.25, 0.3) is 0 Å². The Kier molecular flexibility index (Phi) is 7.96. The first-order chi connectivity index (χ1) is 8.81. The largest absolute Gasteiger partial charge is 0.380 e. The van der Waals surface area contributed by atoms with Gasteiger partial charge < -0.3 is 15.0 Å². The van der Waals surface area contributed by atoms with Gasteiger partial charge >= 0.3 is 0 Å². The van der Waals surface area contributed by atoms with E-state index in [1.165, 1.54) is 0 Å². The third-order valence-electron chi connectivity index (χ3n) is 2.63. The molecular formula is C13H25N3OS. The van der Waals surface area contributed by atoms with E-state index in [4.69, 9.17) is 4.74 Å². The first-order valence-electron chi connectivity index (χ1n) is 6.79. The molecule has 0 spiro atoms. The Bertz CT molecular complexity index is 317. The molecule has 18 heavy (non-hydrogen) atoms. The lowest BCUT2D eigenvalue weighted by Crippen LogP contribution is -2.27. The molecule has 0 saturated heterocycles. The van der Waals surface area contributed by atoms with Gasteiger partial charge in [-0.2, -0.15) is 0 Å². The molecule has 0 saturated carbocycles. The molecule has 1 heterocycles. The summed E-state index contributed by atoms with van der Waals surface area (Å²) in [4.78, 5) is 6.93. The highest BCUT2D eigenvalue weighted by Crippen LogP contribution is 2.20. The number of aromatic nitrogens is 1. The van der Waals surface area contributed by atoms with Gasteiger partial charge in [0.05, 0.1) is 12.3 Å². The number of hydrogen-bond acceptors (Lipinski definition) is 5. The molecule has 1 aromatic heterocycles. The Morgan fingerprint density at radius 3 is 2.89 bits per heavy atom. The van der Waals surface area contributed by atoms with Crippen LogP contribution < -0.4 is 10.2 Å². The zero-order chi connectivity index (χ0) is 13.2. The number of anilines is 1. The summed E-state index contributed by atoms with van der Waals surface area (Å²) in [5.41, 5.74) is 1.14. The minimum absolute atomic E-state index is 0.771. The molecule has 5 heteroatoms. The second-order valence-corrected chi connectivity index (χ2v) is 4.91.